The number of nitrogens with one attached hydrogen (secondary N) is 1. The van der Waals surface area contributed by atoms with Crippen LogP contribution in [0.4, 0.5) is 0 Å². The Balaban J connectivity index is 2.11. The van der Waals surface area contributed by atoms with Crippen LogP contribution in [0.3, 0.4) is 0 Å². The van der Waals surface area contributed by atoms with Gasteiger partial charge in [-0.2, -0.15) is 0 Å². The SMILES string of the molecule is COCCN(C)C(=O)CCC1CCCN1. The second-order valence-electron chi connectivity index (χ2n) is 4.14. The van der Waals surface area contributed by atoms with Crippen LogP contribution in [-0.2, 0) is 9.53 Å². The minimum absolute atomic E-state index is 0.223. The van der Waals surface area contributed by atoms with Gasteiger partial charge in [-0.25, -0.2) is 0 Å². The number of hydrogen-bond acceptors (Lipinski definition) is 3. The highest BCUT2D eigenvalue weighted by Crippen LogP contribution is 2.11. The molecule has 4 heteroatoms. The van der Waals surface area contributed by atoms with Gasteiger partial charge >= 0.3 is 0 Å². The van der Waals surface area contributed by atoms with E-state index in [1.165, 1.54) is 12.8 Å². The van der Waals surface area contributed by atoms with Gasteiger partial charge in [-0.15, -0.1) is 0 Å². The molecule has 88 valence electrons. The molecule has 1 amide bonds. The molecule has 1 N–H and O–H groups in total. The standard InChI is InChI=1S/C11H22N2O2/c1-13(8-9-15-2)11(14)6-5-10-4-3-7-12-10/h10,12H,3-9H2,1-2H3. The van der Waals surface area contributed by atoms with Gasteiger partial charge in [0.2, 0.25) is 5.91 Å². The molecular weight excluding hydrogens is 192 g/mol. The van der Waals surface area contributed by atoms with Gasteiger partial charge in [-0.3, -0.25) is 4.79 Å². The molecule has 0 aliphatic carbocycles. The Kier molecular flexibility index (Phi) is 5.65. The third-order valence-electron chi connectivity index (χ3n) is 2.93. The quantitative estimate of drug-likeness (QED) is 0.705. The number of rotatable bonds is 6. The van der Waals surface area contributed by atoms with Crippen molar-refractivity contribution in [2.75, 3.05) is 33.9 Å². The average molecular weight is 214 g/mol. The van der Waals surface area contributed by atoms with Crippen molar-refractivity contribution >= 4 is 5.91 Å². The Morgan fingerprint density at radius 3 is 3.00 bits per heavy atom. The third-order valence-corrected chi connectivity index (χ3v) is 2.93. The zero-order valence-electron chi connectivity index (χ0n) is 9.79. The molecule has 1 aliphatic rings. The Bertz CT molecular complexity index is 191. The Morgan fingerprint density at radius 1 is 1.60 bits per heavy atom. The molecular formula is C11H22N2O2. The van der Waals surface area contributed by atoms with Gasteiger partial charge in [0, 0.05) is 33.2 Å². The number of methoxy groups -OCH3 is 1. The van der Waals surface area contributed by atoms with Crippen LogP contribution in [-0.4, -0.2) is 50.7 Å². The van der Waals surface area contributed by atoms with Gasteiger partial charge in [0.1, 0.15) is 0 Å². The highest BCUT2D eigenvalue weighted by Gasteiger charge is 2.16. The Hall–Kier alpha value is -0.610. The van der Waals surface area contributed by atoms with Crippen LogP contribution < -0.4 is 5.32 Å². The van der Waals surface area contributed by atoms with Crippen molar-refractivity contribution in [3.05, 3.63) is 0 Å². The van der Waals surface area contributed by atoms with Crippen LogP contribution in [0.25, 0.3) is 0 Å². The van der Waals surface area contributed by atoms with E-state index in [4.69, 9.17) is 4.74 Å². The first-order valence-corrected chi connectivity index (χ1v) is 5.70. The lowest BCUT2D eigenvalue weighted by Crippen LogP contribution is -2.31. The summed E-state index contributed by atoms with van der Waals surface area (Å²) in [6, 6.07) is 0.560. The molecule has 0 spiro atoms. The molecule has 1 fully saturated rings. The van der Waals surface area contributed by atoms with Gasteiger partial charge in [0.25, 0.3) is 0 Å². The highest BCUT2D eigenvalue weighted by molar-refractivity contribution is 5.75. The Morgan fingerprint density at radius 2 is 2.40 bits per heavy atom. The van der Waals surface area contributed by atoms with E-state index in [-0.39, 0.29) is 5.91 Å². The predicted octanol–water partition coefficient (Wildman–Crippen LogP) is 0.623. The van der Waals surface area contributed by atoms with Crippen molar-refractivity contribution in [2.24, 2.45) is 0 Å². The van der Waals surface area contributed by atoms with Crippen molar-refractivity contribution in [2.45, 2.75) is 31.7 Å². The molecule has 1 atom stereocenters. The maximum atomic E-state index is 11.6. The number of amides is 1. The fraction of sp³-hybridized carbons (Fsp3) is 0.909. The summed E-state index contributed by atoms with van der Waals surface area (Å²) >= 11 is 0. The number of likely N-dealkylation sites (N-methyl/N-ethyl adjacent to an activating group) is 1. The minimum Gasteiger partial charge on any atom is -0.383 e. The van der Waals surface area contributed by atoms with E-state index in [1.807, 2.05) is 7.05 Å². The monoisotopic (exact) mass is 214 g/mol. The predicted molar refractivity (Wildman–Crippen MR) is 59.8 cm³/mol. The number of nitrogens with zero attached hydrogens (tertiary/aromatic N) is 1. The lowest BCUT2D eigenvalue weighted by Gasteiger charge is -2.17. The summed E-state index contributed by atoms with van der Waals surface area (Å²) in [7, 11) is 3.49. The largest absolute Gasteiger partial charge is 0.383 e. The minimum atomic E-state index is 0.223. The molecule has 0 aromatic heterocycles. The summed E-state index contributed by atoms with van der Waals surface area (Å²) in [5.74, 6) is 0.223. The van der Waals surface area contributed by atoms with Crippen molar-refractivity contribution in [1.82, 2.24) is 10.2 Å². The normalized spacial score (nSPS) is 20.5. The Labute approximate surface area is 92.0 Å². The second kappa shape index (κ2) is 6.80. The summed E-state index contributed by atoms with van der Waals surface area (Å²) in [4.78, 5) is 13.4. The fourth-order valence-corrected chi connectivity index (χ4v) is 1.84. The van der Waals surface area contributed by atoms with E-state index < -0.39 is 0 Å². The zero-order valence-corrected chi connectivity index (χ0v) is 9.79. The molecule has 0 aromatic carbocycles. The fourth-order valence-electron chi connectivity index (χ4n) is 1.84. The van der Waals surface area contributed by atoms with Gasteiger partial charge in [0.15, 0.2) is 0 Å². The molecule has 4 nitrogen and oxygen atoms in total. The summed E-state index contributed by atoms with van der Waals surface area (Å²) < 4.78 is 4.93. The second-order valence-corrected chi connectivity index (χ2v) is 4.14. The molecule has 1 unspecified atom stereocenters. The van der Waals surface area contributed by atoms with E-state index >= 15 is 0 Å². The molecule has 0 saturated carbocycles. The van der Waals surface area contributed by atoms with Gasteiger partial charge < -0.3 is 15.0 Å². The maximum Gasteiger partial charge on any atom is 0.222 e. The van der Waals surface area contributed by atoms with Crippen molar-refractivity contribution in [3.8, 4) is 0 Å². The van der Waals surface area contributed by atoms with Crippen LogP contribution in [0.5, 0.6) is 0 Å². The van der Waals surface area contributed by atoms with E-state index in [0.717, 1.165) is 13.0 Å². The molecule has 1 saturated heterocycles. The van der Waals surface area contributed by atoms with Crippen LogP contribution in [0, 0.1) is 0 Å². The van der Waals surface area contributed by atoms with E-state index in [1.54, 1.807) is 12.0 Å². The van der Waals surface area contributed by atoms with Gasteiger partial charge in [-0.05, 0) is 25.8 Å². The lowest BCUT2D eigenvalue weighted by atomic mass is 10.1. The molecule has 0 radical (unpaired) electrons. The number of carbonyl (C=O) groups is 1. The summed E-state index contributed by atoms with van der Waals surface area (Å²) in [5, 5.41) is 3.40. The number of carbonyl (C=O) groups excluding carboxylic acids is 1. The molecule has 15 heavy (non-hydrogen) atoms. The van der Waals surface area contributed by atoms with Crippen LogP contribution in [0.2, 0.25) is 0 Å². The molecule has 0 bridgehead atoms. The van der Waals surface area contributed by atoms with Crippen LogP contribution in [0.1, 0.15) is 25.7 Å². The molecule has 1 aliphatic heterocycles. The van der Waals surface area contributed by atoms with E-state index in [0.29, 0.717) is 25.6 Å². The first kappa shape index (κ1) is 12.5. The maximum absolute atomic E-state index is 11.6. The van der Waals surface area contributed by atoms with Crippen molar-refractivity contribution in [1.29, 1.82) is 0 Å². The number of hydrogen-bond donors (Lipinski definition) is 1. The van der Waals surface area contributed by atoms with Gasteiger partial charge in [-0.1, -0.05) is 0 Å². The first-order valence-electron chi connectivity index (χ1n) is 5.70. The smallest absolute Gasteiger partial charge is 0.222 e. The molecule has 0 aromatic rings. The van der Waals surface area contributed by atoms with Gasteiger partial charge in [0.05, 0.1) is 6.61 Å². The van der Waals surface area contributed by atoms with Crippen LogP contribution >= 0.6 is 0 Å². The average Bonchev–Trinajstić information content (AvgIpc) is 2.75. The van der Waals surface area contributed by atoms with E-state index in [2.05, 4.69) is 5.32 Å². The molecule has 1 heterocycles. The third kappa shape index (κ3) is 4.62. The van der Waals surface area contributed by atoms with Crippen LogP contribution in [0.15, 0.2) is 0 Å². The zero-order chi connectivity index (χ0) is 11.1. The van der Waals surface area contributed by atoms with Crippen molar-refractivity contribution in [3.63, 3.8) is 0 Å². The summed E-state index contributed by atoms with van der Waals surface area (Å²) in [5.41, 5.74) is 0. The highest BCUT2D eigenvalue weighted by atomic mass is 16.5. The summed E-state index contributed by atoms with van der Waals surface area (Å²) in [6.07, 6.45) is 4.08. The summed E-state index contributed by atoms with van der Waals surface area (Å²) in [6.45, 7) is 2.41. The van der Waals surface area contributed by atoms with E-state index in [9.17, 15) is 4.79 Å². The number of ether oxygens (including phenoxy) is 1. The lowest BCUT2D eigenvalue weighted by molar-refractivity contribution is -0.130. The topological polar surface area (TPSA) is 41.6 Å². The first-order chi connectivity index (χ1) is 7.24. The van der Waals surface area contributed by atoms with Crippen molar-refractivity contribution < 1.29 is 9.53 Å². The molecule has 1 rings (SSSR count).